The van der Waals surface area contributed by atoms with Crippen LogP contribution in [0.4, 0.5) is 0 Å². The Labute approximate surface area is 150 Å². The lowest BCUT2D eigenvalue weighted by molar-refractivity contribution is -0.121. The van der Waals surface area contributed by atoms with Gasteiger partial charge < -0.3 is 14.1 Å². The first-order chi connectivity index (χ1) is 12.1. The van der Waals surface area contributed by atoms with Crippen LogP contribution in [0.1, 0.15) is 5.69 Å². The number of carbonyl (C=O) groups excluding carboxylic acids is 1. The lowest BCUT2D eigenvalue weighted by Crippen LogP contribution is -2.30. The van der Waals surface area contributed by atoms with E-state index in [0.29, 0.717) is 11.1 Å². The van der Waals surface area contributed by atoms with Crippen molar-refractivity contribution in [1.82, 2.24) is 19.3 Å². The average molecular weight is 401 g/mol. The summed E-state index contributed by atoms with van der Waals surface area (Å²) in [4.78, 5) is 28.5. The van der Waals surface area contributed by atoms with Crippen molar-refractivity contribution in [3.05, 3.63) is 69.5 Å². The molecule has 0 spiro atoms. The van der Waals surface area contributed by atoms with E-state index in [1.165, 1.54) is 4.57 Å². The fourth-order valence-corrected chi connectivity index (χ4v) is 3.01. The summed E-state index contributed by atoms with van der Waals surface area (Å²) in [7, 11) is 0. The Morgan fingerprint density at radius 2 is 2.04 bits per heavy atom. The molecule has 3 aromatic heterocycles. The molecule has 0 unspecified atom stereocenters. The minimum absolute atomic E-state index is 0.102. The zero-order valence-electron chi connectivity index (χ0n) is 13.0. The first-order valence-corrected chi connectivity index (χ1v) is 8.38. The van der Waals surface area contributed by atoms with Gasteiger partial charge in [0.1, 0.15) is 12.2 Å². The first kappa shape index (κ1) is 15.6. The maximum absolute atomic E-state index is 12.2. The molecule has 1 amide bonds. The Kier molecular flexibility index (Phi) is 3.89. The van der Waals surface area contributed by atoms with Crippen LogP contribution in [0.2, 0.25) is 0 Å². The van der Waals surface area contributed by atoms with Gasteiger partial charge in [-0.3, -0.25) is 9.36 Å². The number of halogens is 1. The number of para-hydroxylation sites is 2. The molecule has 0 saturated carbocycles. The largest absolute Gasteiger partial charge is 0.420 e. The molecule has 0 aliphatic heterocycles. The molecule has 1 N–H and O–H groups in total. The first-order valence-electron chi connectivity index (χ1n) is 7.58. The minimum atomic E-state index is -0.547. The van der Waals surface area contributed by atoms with Crippen molar-refractivity contribution in [3.63, 3.8) is 0 Å². The van der Waals surface area contributed by atoms with E-state index < -0.39 is 5.76 Å². The van der Waals surface area contributed by atoms with Crippen LogP contribution < -0.4 is 11.1 Å². The molecule has 4 aromatic rings. The van der Waals surface area contributed by atoms with Gasteiger partial charge in [0.05, 0.1) is 17.8 Å². The zero-order valence-corrected chi connectivity index (χ0v) is 14.6. The number of hydrogen-bond acceptors (Lipinski definition) is 4. The fourth-order valence-electron chi connectivity index (χ4n) is 2.65. The van der Waals surface area contributed by atoms with Crippen LogP contribution in [-0.4, -0.2) is 19.9 Å². The van der Waals surface area contributed by atoms with Crippen LogP contribution in [-0.2, 0) is 17.9 Å². The molecule has 0 aliphatic rings. The number of benzene rings is 1. The van der Waals surface area contributed by atoms with Gasteiger partial charge in [-0.05, 0) is 40.2 Å². The molecule has 0 aliphatic carbocycles. The van der Waals surface area contributed by atoms with Crippen LogP contribution in [0.25, 0.3) is 16.7 Å². The third-order valence-corrected chi connectivity index (χ3v) is 4.28. The molecule has 0 bridgehead atoms. The molecule has 1 aromatic carbocycles. The van der Waals surface area contributed by atoms with E-state index in [9.17, 15) is 9.59 Å². The summed E-state index contributed by atoms with van der Waals surface area (Å²) < 4.78 is 9.25. The van der Waals surface area contributed by atoms with E-state index in [0.717, 1.165) is 15.8 Å². The second-order valence-corrected chi connectivity index (χ2v) is 6.46. The lowest BCUT2D eigenvalue weighted by atomic mass is 10.3. The predicted molar refractivity (Wildman–Crippen MR) is 95.2 cm³/mol. The summed E-state index contributed by atoms with van der Waals surface area (Å²) >= 11 is 3.40. The second kappa shape index (κ2) is 6.21. The zero-order chi connectivity index (χ0) is 17.4. The molecule has 0 saturated heterocycles. The van der Waals surface area contributed by atoms with E-state index >= 15 is 0 Å². The molecule has 8 heteroatoms. The van der Waals surface area contributed by atoms with Crippen LogP contribution >= 0.6 is 15.9 Å². The number of aromatic nitrogens is 3. The normalized spacial score (nSPS) is 11.2. The van der Waals surface area contributed by atoms with Gasteiger partial charge in [0.2, 0.25) is 5.91 Å². The second-order valence-electron chi connectivity index (χ2n) is 5.54. The van der Waals surface area contributed by atoms with E-state index in [2.05, 4.69) is 26.2 Å². The molecule has 3 heterocycles. The number of imidazole rings is 1. The van der Waals surface area contributed by atoms with Gasteiger partial charge >= 0.3 is 5.76 Å². The Hall–Kier alpha value is -2.87. The van der Waals surface area contributed by atoms with Crippen molar-refractivity contribution in [2.24, 2.45) is 0 Å². The number of amides is 1. The number of fused-ring (bicyclic) bond motifs is 2. The quantitative estimate of drug-likeness (QED) is 0.569. The molecule has 0 atom stereocenters. The number of hydrogen-bond donors (Lipinski definition) is 1. The van der Waals surface area contributed by atoms with Crippen molar-refractivity contribution in [2.45, 2.75) is 13.1 Å². The molecule has 0 radical (unpaired) electrons. The standard InChI is InChI=1S/C17H13BrN4O3/c18-11-5-6-15-20-12(9-21(15)8-11)7-19-16(23)10-22-13-3-1-2-4-14(13)25-17(22)24/h1-6,8-9H,7,10H2,(H,19,23). The highest BCUT2D eigenvalue weighted by Gasteiger charge is 2.12. The average Bonchev–Trinajstić information content (AvgIpc) is 3.13. The number of nitrogens with one attached hydrogen (secondary N) is 1. The summed E-state index contributed by atoms with van der Waals surface area (Å²) in [6.07, 6.45) is 3.74. The van der Waals surface area contributed by atoms with Crippen LogP contribution in [0, 0.1) is 0 Å². The van der Waals surface area contributed by atoms with Crippen molar-refractivity contribution in [2.75, 3.05) is 0 Å². The van der Waals surface area contributed by atoms with Gasteiger partial charge in [-0.15, -0.1) is 0 Å². The van der Waals surface area contributed by atoms with Gasteiger partial charge in [0, 0.05) is 16.9 Å². The Morgan fingerprint density at radius 1 is 1.20 bits per heavy atom. The minimum Gasteiger partial charge on any atom is -0.408 e. The number of rotatable bonds is 4. The molecule has 4 rings (SSSR count). The van der Waals surface area contributed by atoms with Gasteiger partial charge in [0.25, 0.3) is 0 Å². The van der Waals surface area contributed by atoms with E-state index in [1.54, 1.807) is 24.3 Å². The topological polar surface area (TPSA) is 81.5 Å². The number of carbonyl (C=O) groups is 1. The number of nitrogens with zero attached hydrogens (tertiary/aromatic N) is 3. The van der Waals surface area contributed by atoms with Crippen molar-refractivity contribution >= 4 is 38.6 Å². The molecule has 0 fully saturated rings. The lowest BCUT2D eigenvalue weighted by Gasteiger charge is -2.03. The van der Waals surface area contributed by atoms with Crippen LogP contribution in [0.3, 0.4) is 0 Å². The molecular weight excluding hydrogens is 388 g/mol. The maximum Gasteiger partial charge on any atom is 0.420 e. The van der Waals surface area contributed by atoms with Crippen molar-refractivity contribution < 1.29 is 9.21 Å². The number of oxazole rings is 1. The maximum atomic E-state index is 12.2. The van der Waals surface area contributed by atoms with Crippen molar-refractivity contribution in [1.29, 1.82) is 0 Å². The third kappa shape index (κ3) is 3.08. The highest BCUT2D eigenvalue weighted by atomic mass is 79.9. The summed E-state index contributed by atoms with van der Waals surface area (Å²) in [5.74, 6) is -0.833. The molecule has 25 heavy (non-hydrogen) atoms. The number of pyridine rings is 1. The molecular formula is C17H13BrN4O3. The summed E-state index contributed by atoms with van der Waals surface area (Å²) in [5.41, 5.74) is 2.59. The molecule has 126 valence electrons. The Bertz CT molecular complexity index is 1140. The Morgan fingerprint density at radius 3 is 2.92 bits per heavy atom. The summed E-state index contributed by atoms with van der Waals surface area (Å²) in [6.45, 7) is 0.178. The van der Waals surface area contributed by atoms with Gasteiger partial charge in [-0.2, -0.15) is 0 Å². The highest BCUT2D eigenvalue weighted by Crippen LogP contribution is 2.13. The third-order valence-electron chi connectivity index (χ3n) is 3.81. The Balaban J connectivity index is 1.48. The summed E-state index contributed by atoms with van der Waals surface area (Å²) in [5, 5.41) is 2.78. The van der Waals surface area contributed by atoms with Gasteiger partial charge in [-0.1, -0.05) is 12.1 Å². The monoisotopic (exact) mass is 400 g/mol. The smallest absolute Gasteiger partial charge is 0.408 e. The van der Waals surface area contributed by atoms with Gasteiger partial charge in [0.15, 0.2) is 5.58 Å². The highest BCUT2D eigenvalue weighted by molar-refractivity contribution is 9.10. The van der Waals surface area contributed by atoms with E-state index in [4.69, 9.17) is 4.42 Å². The predicted octanol–water partition coefficient (Wildman–Crippen LogP) is 2.32. The SMILES string of the molecule is O=C(Cn1c(=O)oc2ccccc21)NCc1cn2cc(Br)ccc2n1. The van der Waals surface area contributed by atoms with Crippen molar-refractivity contribution in [3.8, 4) is 0 Å². The van der Waals surface area contributed by atoms with Crippen LogP contribution in [0.5, 0.6) is 0 Å². The molecule has 7 nitrogen and oxygen atoms in total. The van der Waals surface area contributed by atoms with Crippen LogP contribution in [0.15, 0.2) is 62.5 Å². The summed E-state index contributed by atoms with van der Waals surface area (Å²) in [6, 6.07) is 10.8. The fraction of sp³-hybridized carbons (Fsp3) is 0.118. The van der Waals surface area contributed by atoms with E-state index in [-0.39, 0.29) is 19.0 Å². The van der Waals surface area contributed by atoms with E-state index in [1.807, 2.05) is 28.9 Å². The van der Waals surface area contributed by atoms with Gasteiger partial charge in [-0.25, -0.2) is 9.78 Å².